The van der Waals surface area contributed by atoms with Gasteiger partial charge < -0.3 is 36.2 Å². The lowest BCUT2D eigenvalue weighted by Gasteiger charge is -2.25. The maximum absolute atomic E-state index is 13.8. The smallest absolute Gasteiger partial charge is 0.394 e. The van der Waals surface area contributed by atoms with E-state index in [1.165, 1.54) is 18.1 Å². The molecule has 0 fully saturated rings. The summed E-state index contributed by atoms with van der Waals surface area (Å²) in [7, 11) is -5.03. The number of H-pyrrole nitrogens is 1. The zero-order valence-corrected chi connectivity index (χ0v) is 32.3. The summed E-state index contributed by atoms with van der Waals surface area (Å²) in [6.45, 7) is 4.74. The predicted octanol–water partition coefficient (Wildman–Crippen LogP) is 1.34. The van der Waals surface area contributed by atoms with Gasteiger partial charge in [0.25, 0.3) is 0 Å². The normalized spacial score (nSPS) is 14.5. The highest BCUT2D eigenvalue weighted by Crippen LogP contribution is 2.39. The first-order valence-electron chi connectivity index (χ1n) is 18.2. The second kappa shape index (κ2) is 22.1. The molecule has 0 bridgehead atoms. The van der Waals surface area contributed by atoms with Crippen molar-refractivity contribution >= 4 is 37.1 Å². The van der Waals surface area contributed by atoms with E-state index in [2.05, 4.69) is 47.6 Å². The fraction of sp³-hybridized carbons (Fsp3) is 0.556. The number of nitrogens with one attached hydrogen (secondary N) is 3. The average Bonchev–Trinajstić information content (AvgIpc) is 3.81. The Bertz CT molecular complexity index is 1730. The first-order chi connectivity index (χ1) is 26.0. The maximum atomic E-state index is 13.8. The second-order valence-corrected chi connectivity index (χ2v) is 15.2. The Morgan fingerprint density at radius 1 is 0.982 bits per heavy atom. The van der Waals surface area contributed by atoms with E-state index in [1.807, 2.05) is 32.0 Å². The van der Waals surface area contributed by atoms with Crippen molar-refractivity contribution in [3.05, 3.63) is 66.0 Å². The standard InChI is InChI=1S/C36H53N8O10P/c1-23(2)15-30(40-34(48)13-12-27-20-44(43-42-27)14-8-7-11-25-9-5-4-6-10-25)32(46)17-26(16-28-19-38-22-39-28)36(50)41-31(21-45)33(47)18-29(35(37)49)24(3)54-55(51,52)53/h4-6,9-10,19-20,22-24,26,29-31,45H,7-8,11-18,21H2,1-3H3,(H2,37,49)(H,38,39)(H,40,48)(H,41,50)(H2,51,52,53)/t24-,26-,29+,30+,31+/m1/s1. The lowest BCUT2D eigenvalue weighted by molar-refractivity contribution is -0.135. The molecule has 1 aromatic carbocycles. The number of ketones is 2. The number of benzene rings is 1. The Kier molecular flexibility index (Phi) is 18.0. The number of imidazole rings is 1. The summed E-state index contributed by atoms with van der Waals surface area (Å²) in [5.41, 5.74) is 7.77. The Balaban J connectivity index is 1.61. The lowest BCUT2D eigenvalue weighted by atomic mass is 9.89. The fourth-order valence-corrected chi connectivity index (χ4v) is 6.61. The number of amides is 3. The number of carbonyl (C=O) groups is 5. The van der Waals surface area contributed by atoms with Gasteiger partial charge >= 0.3 is 7.82 Å². The molecule has 2 aromatic heterocycles. The van der Waals surface area contributed by atoms with Gasteiger partial charge in [0.1, 0.15) is 6.04 Å². The molecular formula is C36H53N8O10P. The van der Waals surface area contributed by atoms with Crippen LogP contribution in [0.15, 0.2) is 49.1 Å². The molecule has 18 nitrogen and oxygen atoms in total. The van der Waals surface area contributed by atoms with Crippen molar-refractivity contribution in [3.8, 4) is 0 Å². The Hall–Kier alpha value is -4.61. The van der Waals surface area contributed by atoms with E-state index in [0.717, 1.165) is 26.2 Å². The van der Waals surface area contributed by atoms with Crippen LogP contribution in [0.25, 0.3) is 0 Å². The predicted molar refractivity (Wildman–Crippen MR) is 198 cm³/mol. The van der Waals surface area contributed by atoms with E-state index >= 15 is 0 Å². The first-order valence-corrected chi connectivity index (χ1v) is 19.8. The van der Waals surface area contributed by atoms with Gasteiger partial charge in [0.15, 0.2) is 11.6 Å². The minimum absolute atomic E-state index is 0.00228. The van der Waals surface area contributed by atoms with Crippen LogP contribution < -0.4 is 16.4 Å². The molecule has 0 aliphatic heterocycles. The van der Waals surface area contributed by atoms with E-state index in [1.54, 1.807) is 10.9 Å². The van der Waals surface area contributed by atoms with Gasteiger partial charge in [-0.25, -0.2) is 9.55 Å². The first kappa shape index (κ1) is 44.8. The number of hydrogen-bond donors (Lipinski definition) is 7. The molecule has 5 atom stereocenters. The summed E-state index contributed by atoms with van der Waals surface area (Å²) in [6.07, 6.45) is 5.67. The molecule has 3 amide bonds. The Morgan fingerprint density at radius 3 is 2.31 bits per heavy atom. The third kappa shape index (κ3) is 16.3. The number of nitrogens with zero attached hydrogens (tertiary/aromatic N) is 4. The van der Waals surface area contributed by atoms with E-state index < -0.39 is 74.3 Å². The van der Waals surface area contributed by atoms with Gasteiger partial charge in [-0.2, -0.15) is 0 Å². The molecule has 3 rings (SSSR count). The van der Waals surface area contributed by atoms with Gasteiger partial charge in [0.2, 0.25) is 17.7 Å². The van der Waals surface area contributed by atoms with Crippen LogP contribution in [0.1, 0.15) is 76.2 Å². The summed E-state index contributed by atoms with van der Waals surface area (Å²) in [5.74, 6) is -6.09. The van der Waals surface area contributed by atoms with Crippen LogP contribution in [-0.4, -0.2) is 93.9 Å². The summed E-state index contributed by atoms with van der Waals surface area (Å²) in [4.78, 5) is 90.7. The van der Waals surface area contributed by atoms with Crippen LogP contribution in [0.2, 0.25) is 0 Å². The Morgan fingerprint density at radius 2 is 1.69 bits per heavy atom. The molecule has 3 aromatic rings. The average molecular weight is 789 g/mol. The van der Waals surface area contributed by atoms with E-state index in [-0.39, 0.29) is 31.1 Å². The molecule has 55 heavy (non-hydrogen) atoms. The third-order valence-corrected chi connectivity index (χ3v) is 9.56. The zero-order chi connectivity index (χ0) is 40.5. The molecule has 0 aliphatic rings. The molecule has 0 saturated heterocycles. The van der Waals surface area contributed by atoms with Gasteiger partial charge in [-0.15, -0.1) is 5.10 Å². The van der Waals surface area contributed by atoms with E-state index in [4.69, 9.17) is 15.5 Å². The summed E-state index contributed by atoms with van der Waals surface area (Å²) in [6, 6.07) is 7.75. The second-order valence-electron chi connectivity index (χ2n) is 14.0. The molecular weight excluding hydrogens is 735 g/mol. The van der Waals surface area contributed by atoms with Crippen LogP contribution in [-0.2, 0) is 58.9 Å². The summed E-state index contributed by atoms with van der Waals surface area (Å²) < 4.78 is 17.6. The van der Waals surface area contributed by atoms with Crippen molar-refractivity contribution < 1.29 is 48.0 Å². The van der Waals surface area contributed by atoms with Crippen LogP contribution in [0.4, 0.5) is 0 Å². The SMILES string of the molecule is CC(C)C[C@H](NC(=O)CCc1cn(CCCCc2ccccc2)nn1)C(=O)C[C@@H](Cc1cnc[nH]1)C(=O)N[C@@H](CO)C(=O)C[C@H](C(N)=O)[C@@H](C)OP(=O)(O)O. The number of aryl methyl sites for hydroxylation is 3. The van der Waals surface area contributed by atoms with Gasteiger partial charge in [0.05, 0.1) is 42.6 Å². The van der Waals surface area contributed by atoms with Gasteiger partial charge in [-0.05, 0) is 44.1 Å². The van der Waals surface area contributed by atoms with Gasteiger partial charge in [-0.1, -0.05) is 49.4 Å². The lowest BCUT2D eigenvalue weighted by Crippen LogP contribution is -2.49. The van der Waals surface area contributed by atoms with Crippen molar-refractivity contribution in [2.24, 2.45) is 23.5 Å². The zero-order valence-electron chi connectivity index (χ0n) is 31.4. The number of Topliss-reactive ketones (excluding diaryl/α,β-unsaturated/α-hetero) is 2. The fourth-order valence-electron chi connectivity index (χ4n) is 6.03. The van der Waals surface area contributed by atoms with E-state index in [9.17, 15) is 33.6 Å². The quantitative estimate of drug-likeness (QED) is 0.0447. The minimum atomic E-state index is -5.03. The number of aliphatic hydroxyl groups excluding tert-OH is 1. The van der Waals surface area contributed by atoms with Crippen molar-refractivity contribution in [2.45, 2.75) is 103 Å². The van der Waals surface area contributed by atoms with Crippen LogP contribution in [0.3, 0.4) is 0 Å². The number of aromatic amines is 1. The minimum Gasteiger partial charge on any atom is -0.394 e. The highest BCUT2D eigenvalue weighted by Gasteiger charge is 2.35. The monoisotopic (exact) mass is 788 g/mol. The number of rotatable bonds is 26. The number of phosphoric ester groups is 1. The molecule has 302 valence electrons. The molecule has 0 saturated carbocycles. The van der Waals surface area contributed by atoms with Gasteiger partial charge in [-0.3, -0.25) is 33.2 Å². The van der Waals surface area contributed by atoms with Crippen molar-refractivity contribution in [2.75, 3.05) is 6.61 Å². The number of carbonyl (C=O) groups excluding carboxylic acids is 5. The number of phosphoric acid groups is 1. The number of aromatic nitrogens is 5. The molecule has 19 heteroatoms. The molecule has 8 N–H and O–H groups in total. The van der Waals surface area contributed by atoms with Crippen molar-refractivity contribution in [3.63, 3.8) is 0 Å². The van der Waals surface area contributed by atoms with Crippen molar-refractivity contribution in [1.29, 1.82) is 0 Å². The summed E-state index contributed by atoms with van der Waals surface area (Å²) in [5, 5.41) is 23.6. The Labute approximate surface area is 319 Å². The molecule has 0 radical (unpaired) electrons. The molecule has 0 unspecified atom stereocenters. The number of aliphatic hydroxyl groups is 1. The molecule has 0 spiro atoms. The largest absolute Gasteiger partial charge is 0.469 e. The van der Waals surface area contributed by atoms with E-state index in [0.29, 0.717) is 30.8 Å². The molecule has 0 aliphatic carbocycles. The summed E-state index contributed by atoms with van der Waals surface area (Å²) >= 11 is 0. The van der Waals surface area contributed by atoms with Gasteiger partial charge in [0, 0.05) is 56.7 Å². The number of hydrogen-bond acceptors (Lipinski definition) is 11. The topological polar surface area (TPSA) is 282 Å². The van der Waals surface area contributed by atoms with Crippen LogP contribution in [0, 0.1) is 17.8 Å². The third-order valence-electron chi connectivity index (χ3n) is 8.95. The highest BCUT2D eigenvalue weighted by atomic mass is 31.2. The number of unbranched alkanes of at least 4 members (excludes halogenated alkanes) is 1. The maximum Gasteiger partial charge on any atom is 0.469 e. The number of primary amides is 1. The van der Waals surface area contributed by atoms with Crippen molar-refractivity contribution in [1.82, 2.24) is 35.6 Å². The highest BCUT2D eigenvalue weighted by molar-refractivity contribution is 7.46. The number of nitrogens with two attached hydrogens (primary N) is 1. The molecule has 2 heterocycles. The van der Waals surface area contributed by atoms with Crippen LogP contribution >= 0.6 is 7.82 Å². The van der Waals surface area contributed by atoms with Crippen LogP contribution in [0.5, 0.6) is 0 Å².